The minimum absolute atomic E-state index is 0.0302. The Morgan fingerprint density at radius 2 is 1.72 bits per heavy atom. The second kappa shape index (κ2) is 8.73. The van der Waals surface area contributed by atoms with Crippen LogP contribution in [-0.2, 0) is 19.1 Å². The van der Waals surface area contributed by atoms with E-state index < -0.39 is 17.9 Å². The molecule has 3 rings (SSSR count). The Morgan fingerprint density at radius 3 is 2.41 bits per heavy atom. The lowest BCUT2D eigenvalue weighted by atomic mass is 9.94. The SMILES string of the molecule is CC(=O)N1C=Cc2ccccc2[C@H]1CC(=O)OCC(=O)Nc1c(C)cccc1C. The summed E-state index contributed by atoms with van der Waals surface area (Å²) in [6.07, 6.45) is 3.49. The molecule has 1 atom stereocenters. The van der Waals surface area contributed by atoms with E-state index in [1.807, 2.05) is 62.4 Å². The molecule has 0 saturated carbocycles. The molecule has 0 aliphatic carbocycles. The van der Waals surface area contributed by atoms with Crippen LogP contribution in [0.1, 0.15) is 41.6 Å². The molecule has 1 aliphatic rings. The largest absolute Gasteiger partial charge is 0.455 e. The Kier molecular flexibility index (Phi) is 6.12. The van der Waals surface area contributed by atoms with Gasteiger partial charge in [-0.25, -0.2) is 0 Å². The fraction of sp³-hybridized carbons (Fsp3) is 0.261. The third kappa shape index (κ3) is 4.71. The number of esters is 1. The number of fused-ring (bicyclic) bond motifs is 1. The summed E-state index contributed by atoms with van der Waals surface area (Å²) in [4.78, 5) is 38.1. The van der Waals surface area contributed by atoms with Crippen LogP contribution < -0.4 is 5.32 Å². The lowest BCUT2D eigenvalue weighted by molar-refractivity contribution is -0.149. The average Bonchev–Trinajstić information content (AvgIpc) is 2.69. The number of anilines is 1. The molecule has 29 heavy (non-hydrogen) atoms. The van der Waals surface area contributed by atoms with Gasteiger partial charge in [-0.1, -0.05) is 42.5 Å². The predicted octanol–water partition coefficient (Wildman–Crippen LogP) is 3.75. The van der Waals surface area contributed by atoms with E-state index in [1.54, 1.807) is 6.20 Å². The first-order valence-electron chi connectivity index (χ1n) is 9.44. The van der Waals surface area contributed by atoms with Crippen LogP contribution in [0.4, 0.5) is 5.69 Å². The van der Waals surface area contributed by atoms with Gasteiger partial charge in [-0.2, -0.15) is 0 Å². The first kappa shape index (κ1) is 20.3. The number of rotatable bonds is 5. The molecular formula is C23H24N2O4. The Morgan fingerprint density at radius 1 is 1.03 bits per heavy atom. The minimum Gasteiger partial charge on any atom is -0.455 e. The van der Waals surface area contributed by atoms with Gasteiger partial charge in [0, 0.05) is 18.8 Å². The van der Waals surface area contributed by atoms with E-state index in [2.05, 4.69) is 5.32 Å². The number of hydrogen-bond donors (Lipinski definition) is 1. The van der Waals surface area contributed by atoms with Crippen LogP contribution in [0.25, 0.3) is 6.08 Å². The van der Waals surface area contributed by atoms with E-state index in [4.69, 9.17) is 4.74 Å². The summed E-state index contributed by atoms with van der Waals surface area (Å²) in [5.41, 5.74) is 4.43. The molecule has 6 heteroatoms. The molecule has 2 aromatic rings. The predicted molar refractivity (Wildman–Crippen MR) is 111 cm³/mol. The van der Waals surface area contributed by atoms with Crippen LogP contribution in [0.5, 0.6) is 0 Å². The summed E-state index contributed by atoms with van der Waals surface area (Å²) in [5, 5.41) is 2.79. The Balaban J connectivity index is 1.63. The van der Waals surface area contributed by atoms with Crippen molar-refractivity contribution >= 4 is 29.5 Å². The van der Waals surface area contributed by atoms with E-state index in [9.17, 15) is 14.4 Å². The lowest BCUT2D eigenvalue weighted by Crippen LogP contribution is -2.33. The number of carbonyl (C=O) groups excluding carboxylic acids is 3. The number of nitrogens with zero attached hydrogens (tertiary/aromatic N) is 1. The second-order valence-electron chi connectivity index (χ2n) is 7.07. The van der Waals surface area contributed by atoms with Crippen molar-refractivity contribution in [3.8, 4) is 0 Å². The highest BCUT2D eigenvalue weighted by Gasteiger charge is 2.29. The first-order valence-corrected chi connectivity index (χ1v) is 9.44. The molecule has 1 heterocycles. The van der Waals surface area contributed by atoms with Crippen molar-refractivity contribution < 1.29 is 19.1 Å². The minimum atomic E-state index is -0.539. The smallest absolute Gasteiger partial charge is 0.308 e. The highest BCUT2D eigenvalue weighted by molar-refractivity contribution is 5.94. The van der Waals surface area contributed by atoms with Crippen LogP contribution in [0.2, 0.25) is 0 Å². The monoisotopic (exact) mass is 392 g/mol. The van der Waals surface area contributed by atoms with Gasteiger partial charge >= 0.3 is 5.97 Å². The summed E-state index contributed by atoms with van der Waals surface area (Å²) in [7, 11) is 0. The Labute approximate surface area is 170 Å². The van der Waals surface area contributed by atoms with E-state index in [-0.39, 0.29) is 18.9 Å². The molecule has 0 radical (unpaired) electrons. The van der Waals surface area contributed by atoms with Gasteiger partial charge in [0.15, 0.2) is 6.61 Å². The van der Waals surface area contributed by atoms with Gasteiger partial charge in [-0.15, -0.1) is 0 Å². The highest BCUT2D eigenvalue weighted by atomic mass is 16.5. The maximum absolute atomic E-state index is 12.4. The number of aryl methyl sites for hydroxylation is 2. The van der Waals surface area contributed by atoms with Crippen molar-refractivity contribution in [2.45, 2.75) is 33.2 Å². The van der Waals surface area contributed by atoms with Gasteiger partial charge in [-0.05, 0) is 42.2 Å². The first-order chi connectivity index (χ1) is 13.9. The molecule has 1 aliphatic heterocycles. The fourth-order valence-electron chi connectivity index (χ4n) is 3.46. The van der Waals surface area contributed by atoms with Gasteiger partial charge in [-0.3, -0.25) is 14.4 Å². The Bertz CT molecular complexity index is 960. The fourth-order valence-corrected chi connectivity index (χ4v) is 3.46. The molecule has 0 aromatic heterocycles. The number of carbonyl (C=O) groups is 3. The molecule has 6 nitrogen and oxygen atoms in total. The zero-order valence-electron chi connectivity index (χ0n) is 16.8. The number of hydrogen-bond acceptors (Lipinski definition) is 4. The van der Waals surface area contributed by atoms with Gasteiger partial charge in [0.05, 0.1) is 12.5 Å². The normalized spacial score (nSPS) is 14.9. The third-order valence-corrected chi connectivity index (χ3v) is 4.94. The van der Waals surface area contributed by atoms with Crippen LogP contribution in [0.3, 0.4) is 0 Å². The molecule has 0 bridgehead atoms. The standard InChI is InChI=1S/C23H24N2O4/c1-15-7-6-8-16(2)23(15)24-21(27)14-29-22(28)13-20-19-10-5-4-9-18(19)11-12-25(20)17(3)26/h4-12,20H,13-14H2,1-3H3,(H,24,27)/t20-/m1/s1. The van der Waals surface area contributed by atoms with Gasteiger partial charge < -0.3 is 15.0 Å². The number of benzene rings is 2. The van der Waals surface area contributed by atoms with Crippen molar-refractivity contribution in [1.29, 1.82) is 0 Å². The van der Waals surface area contributed by atoms with Crippen molar-refractivity contribution in [2.75, 3.05) is 11.9 Å². The summed E-state index contributed by atoms with van der Waals surface area (Å²) in [6.45, 7) is 4.88. The molecule has 2 aromatic carbocycles. The third-order valence-electron chi connectivity index (χ3n) is 4.94. The van der Waals surface area contributed by atoms with E-state index in [0.29, 0.717) is 0 Å². The molecule has 0 saturated heterocycles. The number of nitrogens with one attached hydrogen (secondary N) is 1. The zero-order chi connectivity index (χ0) is 21.0. The van der Waals surface area contributed by atoms with Gasteiger partial charge in [0.2, 0.25) is 5.91 Å². The van der Waals surface area contributed by atoms with Crippen LogP contribution >= 0.6 is 0 Å². The molecule has 0 unspecified atom stereocenters. The van der Waals surface area contributed by atoms with Crippen LogP contribution in [-0.4, -0.2) is 29.3 Å². The van der Waals surface area contributed by atoms with E-state index in [0.717, 1.165) is 27.9 Å². The molecule has 2 amide bonds. The summed E-state index contributed by atoms with van der Waals surface area (Å²) in [5.74, 6) is -1.10. The Hall–Kier alpha value is -3.41. The van der Waals surface area contributed by atoms with Crippen LogP contribution in [0.15, 0.2) is 48.7 Å². The molecule has 0 spiro atoms. The molecular weight excluding hydrogens is 368 g/mol. The van der Waals surface area contributed by atoms with Crippen molar-refractivity contribution in [1.82, 2.24) is 4.90 Å². The van der Waals surface area contributed by atoms with Crippen molar-refractivity contribution in [3.63, 3.8) is 0 Å². The summed E-state index contributed by atoms with van der Waals surface area (Å²) in [6, 6.07) is 12.9. The topological polar surface area (TPSA) is 75.7 Å². The number of ether oxygens (including phenoxy) is 1. The van der Waals surface area contributed by atoms with Crippen molar-refractivity contribution in [2.24, 2.45) is 0 Å². The average molecular weight is 392 g/mol. The van der Waals surface area contributed by atoms with E-state index >= 15 is 0 Å². The molecule has 0 fully saturated rings. The zero-order valence-corrected chi connectivity index (χ0v) is 16.8. The van der Waals surface area contributed by atoms with Gasteiger partial charge in [0.1, 0.15) is 0 Å². The molecule has 150 valence electrons. The summed E-state index contributed by atoms with van der Waals surface area (Å²) < 4.78 is 5.19. The second-order valence-corrected chi connectivity index (χ2v) is 7.07. The number of amides is 2. The summed E-state index contributed by atoms with van der Waals surface area (Å²) >= 11 is 0. The van der Waals surface area contributed by atoms with Crippen LogP contribution in [0, 0.1) is 13.8 Å². The van der Waals surface area contributed by atoms with E-state index in [1.165, 1.54) is 11.8 Å². The highest BCUT2D eigenvalue weighted by Crippen LogP contribution is 2.33. The maximum Gasteiger partial charge on any atom is 0.308 e. The molecule has 1 N–H and O–H groups in total. The quantitative estimate of drug-likeness (QED) is 0.787. The lowest BCUT2D eigenvalue weighted by Gasteiger charge is -2.32. The van der Waals surface area contributed by atoms with Gasteiger partial charge in [0.25, 0.3) is 5.91 Å². The van der Waals surface area contributed by atoms with Crippen molar-refractivity contribution in [3.05, 3.63) is 70.9 Å². The maximum atomic E-state index is 12.4. The number of para-hydroxylation sites is 1.